The van der Waals surface area contributed by atoms with Gasteiger partial charge in [-0.15, -0.1) is 0 Å². The molecule has 2 amide bonds. The first-order chi connectivity index (χ1) is 16.9. The number of carbonyl (C=O) groups is 2. The van der Waals surface area contributed by atoms with Crippen LogP contribution in [0.15, 0.2) is 47.6 Å². The first-order valence-electron chi connectivity index (χ1n) is 11.8. The Bertz CT molecular complexity index is 1160. The quantitative estimate of drug-likeness (QED) is 0.650. The number of halogens is 2. The molecule has 2 heterocycles. The van der Waals surface area contributed by atoms with Crippen LogP contribution in [0.25, 0.3) is 0 Å². The molecule has 1 aliphatic carbocycles. The molecule has 10 heteroatoms. The third-order valence-electron chi connectivity index (χ3n) is 6.75. The highest BCUT2D eigenvalue weighted by Crippen LogP contribution is 2.39. The number of aryl methyl sites for hydroxylation is 1. The van der Waals surface area contributed by atoms with Crippen LogP contribution in [0.2, 0.25) is 0 Å². The van der Waals surface area contributed by atoms with Gasteiger partial charge >= 0.3 is 0 Å². The van der Waals surface area contributed by atoms with Gasteiger partial charge in [0.25, 0.3) is 0 Å². The number of hydrogen-bond donors (Lipinski definition) is 2. The molecule has 2 aromatic carbocycles. The van der Waals surface area contributed by atoms with Crippen molar-refractivity contribution in [2.45, 2.75) is 51.5 Å². The molecule has 35 heavy (non-hydrogen) atoms. The summed E-state index contributed by atoms with van der Waals surface area (Å²) in [5.41, 5.74) is 5.24. The first kappa shape index (κ1) is 23.6. The van der Waals surface area contributed by atoms with Gasteiger partial charge in [-0.05, 0) is 37.5 Å². The Balaban J connectivity index is 1.30. The van der Waals surface area contributed by atoms with Crippen LogP contribution >= 0.6 is 11.8 Å². The van der Waals surface area contributed by atoms with Crippen molar-refractivity contribution in [3.05, 3.63) is 65.2 Å². The number of nitrogens with zero attached hydrogens (tertiary/aromatic N) is 3. The van der Waals surface area contributed by atoms with E-state index in [2.05, 4.69) is 20.7 Å². The zero-order valence-corrected chi connectivity index (χ0v) is 20.2. The molecule has 3 unspecified atom stereocenters. The lowest BCUT2D eigenvalue weighted by atomic mass is 9.81. The monoisotopic (exact) mass is 499 g/mol. The third kappa shape index (κ3) is 4.84. The van der Waals surface area contributed by atoms with Crippen molar-refractivity contribution in [3.8, 4) is 0 Å². The van der Waals surface area contributed by atoms with E-state index in [1.165, 1.54) is 17.8 Å². The number of benzene rings is 2. The molecule has 2 aliphatic heterocycles. The van der Waals surface area contributed by atoms with Crippen LogP contribution in [0.1, 0.15) is 36.8 Å². The van der Waals surface area contributed by atoms with E-state index in [4.69, 9.17) is 0 Å². The topological polar surface area (TPSA) is 77.0 Å². The second kappa shape index (κ2) is 9.85. The van der Waals surface area contributed by atoms with E-state index in [-0.39, 0.29) is 29.3 Å². The first-order valence-corrected chi connectivity index (χ1v) is 12.7. The highest BCUT2D eigenvalue weighted by atomic mass is 32.2. The molecular weight excluding hydrogens is 472 g/mol. The number of amidine groups is 1. The summed E-state index contributed by atoms with van der Waals surface area (Å²) in [5.74, 6) is -1.92. The van der Waals surface area contributed by atoms with Gasteiger partial charge < -0.3 is 10.2 Å². The summed E-state index contributed by atoms with van der Waals surface area (Å²) >= 11 is 1.24. The fourth-order valence-corrected chi connectivity index (χ4v) is 5.85. The summed E-state index contributed by atoms with van der Waals surface area (Å²) in [7, 11) is 0. The zero-order chi connectivity index (χ0) is 24.5. The van der Waals surface area contributed by atoms with E-state index < -0.39 is 23.8 Å². The second-order valence-electron chi connectivity index (χ2n) is 9.18. The molecular formula is C25H27F2N5O2S. The third-order valence-corrected chi connectivity index (χ3v) is 7.72. The van der Waals surface area contributed by atoms with Gasteiger partial charge in [0.1, 0.15) is 11.6 Å². The predicted molar refractivity (Wildman–Crippen MR) is 131 cm³/mol. The molecule has 0 bridgehead atoms. The van der Waals surface area contributed by atoms with E-state index in [0.29, 0.717) is 11.7 Å². The normalized spacial score (nSPS) is 23.3. The molecule has 1 saturated heterocycles. The lowest BCUT2D eigenvalue weighted by Gasteiger charge is -2.50. The van der Waals surface area contributed by atoms with E-state index in [9.17, 15) is 18.4 Å². The fourth-order valence-electron chi connectivity index (χ4n) is 5.02. The van der Waals surface area contributed by atoms with E-state index in [0.717, 1.165) is 48.9 Å². The minimum absolute atomic E-state index is 0.00381. The maximum absolute atomic E-state index is 13.9. The highest BCUT2D eigenvalue weighted by Gasteiger charge is 2.51. The number of rotatable bonds is 5. The minimum Gasteiger partial charge on any atom is -0.323 e. The average molecular weight is 500 g/mol. The Morgan fingerprint density at radius 2 is 1.94 bits per heavy atom. The average Bonchev–Trinajstić information content (AvgIpc) is 3.27. The van der Waals surface area contributed by atoms with Crippen molar-refractivity contribution in [2.75, 3.05) is 11.1 Å². The van der Waals surface area contributed by atoms with Gasteiger partial charge in [-0.3, -0.25) is 19.9 Å². The lowest BCUT2D eigenvalue weighted by molar-refractivity contribution is -0.156. The number of carbonyl (C=O) groups excluding carboxylic acids is 2. The van der Waals surface area contributed by atoms with Gasteiger partial charge in [0.15, 0.2) is 11.5 Å². The number of hydrazone groups is 1. The number of hydrogen-bond acceptors (Lipinski definition) is 6. The van der Waals surface area contributed by atoms with Crippen molar-refractivity contribution in [1.29, 1.82) is 0 Å². The minimum atomic E-state index is -0.824. The van der Waals surface area contributed by atoms with E-state index in [1.807, 2.05) is 36.1 Å². The van der Waals surface area contributed by atoms with Crippen molar-refractivity contribution in [1.82, 2.24) is 15.2 Å². The van der Waals surface area contributed by atoms with Crippen molar-refractivity contribution < 1.29 is 18.4 Å². The Morgan fingerprint density at radius 1 is 1.17 bits per heavy atom. The SMILES string of the molecule is Cc1ccc(CN2C(=O)C3CCCCC3N3C(SCC(=O)Nc4ccc(F)cc4F)=NNC23)cc1. The molecule has 2 aromatic rings. The van der Waals surface area contributed by atoms with Crippen LogP contribution in [0.4, 0.5) is 14.5 Å². The largest absolute Gasteiger partial charge is 0.323 e. The summed E-state index contributed by atoms with van der Waals surface area (Å²) < 4.78 is 27.0. The Labute approximate surface area is 206 Å². The summed E-state index contributed by atoms with van der Waals surface area (Å²) in [6.07, 6.45) is 3.36. The summed E-state index contributed by atoms with van der Waals surface area (Å²) in [6, 6.07) is 11.2. The van der Waals surface area contributed by atoms with Gasteiger partial charge in [0, 0.05) is 18.7 Å². The number of nitrogens with one attached hydrogen (secondary N) is 2. The molecule has 2 N–H and O–H groups in total. The molecule has 5 rings (SSSR count). The van der Waals surface area contributed by atoms with E-state index in [1.54, 1.807) is 0 Å². The number of amides is 2. The maximum atomic E-state index is 13.9. The molecule has 3 aliphatic rings. The van der Waals surface area contributed by atoms with Crippen LogP contribution in [0, 0.1) is 24.5 Å². The van der Waals surface area contributed by atoms with Crippen molar-refractivity contribution in [3.63, 3.8) is 0 Å². The van der Waals surface area contributed by atoms with Crippen LogP contribution in [0.3, 0.4) is 0 Å². The standard InChI is InChI=1S/C25H27F2N5O2S/c1-15-6-8-16(9-7-15)13-31-23(34)18-4-2-3-5-21(18)32-24(31)29-30-25(32)35-14-22(33)28-20-11-10-17(26)12-19(20)27/h6-12,18,21,24,29H,2-5,13-14H2,1H3,(H,28,33). The predicted octanol–water partition coefficient (Wildman–Crippen LogP) is 4.01. The molecule has 184 valence electrons. The summed E-state index contributed by atoms with van der Waals surface area (Å²) in [4.78, 5) is 29.9. The molecule has 1 saturated carbocycles. The van der Waals surface area contributed by atoms with Crippen LogP contribution in [-0.2, 0) is 16.1 Å². The van der Waals surface area contributed by atoms with E-state index >= 15 is 0 Å². The molecule has 0 spiro atoms. The van der Waals surface area contributed by atoms with Crippen molar-refractivity contribution >= 4 is 34.4 Å². The highest BCUT2D eigenvalue weighted by molar-refractivity contribution is 8.14. The fraction of sp³-hybridized carbons (Fsp3) is 0.400. The Hall–Kier alpha value is -3.14. The summed E-state index contributed by atoms with van der Waals surface area (Å²) in [5, 5.41) is 7.60. The number of thioether (sulfide) groups is 1. The second-order valence-corrected chi connectivity index (χ2v) is 10.1. The molecule has 0 aromatic heterocycles. The van der Waals surface area contributed by atoms with Gasteiger partial charge in [-0.2, -0.15) is 5.10 Å². The zero-order valence-electron chi connectivity index (χ0n) is 19.3. The maximum Gasteiger partial charge on any atom is 0.234 e. The van der Waals surface area contributed by atoms with Gasteiger partial charge in [-0.1, -0.05) is 54.4 Å². The van der Waals surface area contributed by atoms with Crippen LogP contribution < -0.4 is 10.7 Å². The van der Waals surface area contributed by atoms with Gasteiger partial charge in [0.2, 0.25) is 11.8 Å². The number of anilines is 1. The Morgan fingerprint density at radius 3 is 2.71 bits per heavy atom. The molecule has 3 atom stereocenters. The smallest absolute Gasteiger partial charge is 0.234 e. The summed E-state index contributed by atoms with van der Waals surface area (Å²) in [6.45, 7) is 2.50. The van der Waals surface area contributed by atoms with Crippen LogP contribution in [-0.4, -0.2) is 44.9 Å². The lowest BCUT2D eigenvalue weighted by Crippen LogP contribution is -2.66. The van der Waals surface area contributed by atoms with Gasteiger partial charge in [-0.25, -0.2) is 8.78 Å². The van der Waals surface area contributed by atoms with Gasteiger partial charge in [0.05, 0.1) is 17.4 Å². The Kier molecular flexibility index (Phi) is 6.64. The molecule has 7 nitrogen and oxygen atoms in total. The van der Waals surface area contributed by atoms with Crippen molar-refractivity contribution in [2.24, 2.45) is 11.0 Å². The molecule has 0 radical (unpaired) electrons. The molecule has 2 fully saturated rings. The van der Waals surface area contributed by atoms with Crippen LogP contribution in [0.5, 0.6) is 0 Å². The number of fused-ring (bicyclic) bond motifs is 3.